The van der Waals surface area contributed by atoms with E-state index in [0.717, 1.165) is 51.4 Å². The van der Waals surface area contributed by atoms with E-state index in [-0.39, 0.29) is 18.5 Å². The topological polar surface area (TPSA) is 95.9 Å². The number of unbranched alkanes of at least 4 members (excludes halogenated alkanes) is 55. The Morgan fingerprint density at radius 3 is 0.929 bits per heavy atom. The molecule has 0 aliphatic rings. The maximum atomic E-state index is 12.6. The first-order valence-corrected chi connectivity index (χ1v) is 38.2. The number of ether oxygens (including phenoxy) is 1. The molecule has 84 heavy (non-hydrogen) atoms. The zero-order valence-corrected chi connectivity index (χ0v) is 56.9. The third-order valence-corrected chi connectivity index (χ3v) is 17.9. The number of hydrogen-bond donors (Lipinski definition) is 3. The maximum absolute atomic E-state index is 12.6. The Hall–Kier alpha value is -1.92. The predicted octanol–water partition coefficient (Wildman–Crippen LogP) is 25.0. The molecule has 1 amide bonds. The van der Waals surface area contributed by atoms with E-state index < -0.39 is 12.1 Å². The molecule has 0 rings (SSSR count). The molecule has 0 fully saturated rings. The minimum absolute atomic E-state index is 0.00784. The van der Waals surface area contributed by atoms with Crippen LogP contribution in [0, 0.1) is 0 Å². The van der Waals surface area contributed by atoms with Crippen molar-refractivity contribution in [3.05, 3.63) is 36.5 Å². The lowest BCUT2D eigenvalue weighted by Crippen LogP contribution is -2.45. The number of rotatable bonds is 72. The Morgan fingerprint density at radius 2 is 0.595 bits per heavy atom. The SMILES string of the molecule is CCCCCC/C=C\C/C=C\CCCCCCCCCC(=O)OCCCCCCCCCCCCCC/C=C\CCCCCCCCCCCCC(=O)NC(CO)C(O)CCCCCCCCCCCCCCCCCCCCCCCCC. The zero-order valence-electron chi connectivity index (χ0n) is 56.9. The number of nitrogens with one attached hydrogen (secondary N) is 1. The van der Waals surface area contributed by atoms with Gasteiger partial charge in [-0.3, -0.25) is 9.59 Å². The molecule has 0 aliphatic carbocycles. The van der Waals surface area contributed by atoms with Gasteiger partial charge in [0.15, 0.2) is 0 Å². The number of esters is 1. The van der Waals surface area contributed by atoms with E-state index in [1.165, 1.54) is 340 Å². The summed E-state index contributed by atoms with van der Waals surface area (Å²) in [6.45, 7) is 4.97. The molecule has 0 bridgehead atoms. The van der Waals surface area contributed by atoms with E-state index in [4.69, 9.17) is 4.74 Å². The second-order valence-electron chi connectivity index (χ2n) is 26.3. The molecule has 496 valence electrons. The molecule has 0 aromatic carbocycles. The lowest BCUT2D eigenvalue weighted by molar-refractivity contribution is -0.143. The average Bonchev–Trinajstić information content (AvgIpc) is 3.51. The van der Waals surface area contributed by atoms with E-state index in [9.17, 15) is 19.8 Å². The van der Waals surface area contributed by atoms with Gasteiger partial charge in [-0.1, -0.05) is 365 Å². The van der Waals surface area contributed by atoms with Crippen molar-refractivity contribution in [3.8, 4) is 0 Å². The molecular formula is C78H149NO5. The predicted molar refractivity (Wildman–Crippen MR) is 370 cm³/mol. The van der Waals surface area contributed by atoms with Crippen molar-refractivity contribution in [1.29, 1.82) is 0 Å². The summed E-state index contributed by atoms with van der Waals surface area (Å²) in [6.07, 6.45) is 95.0. The lowest BCUT2D eigenvalue weighted by Gasteiger charge is -2.22. The molecule has 0 heterocycles. The quantitative estimate of drug-likeness (QED) is 0.0320. The maximum Gasteiger partial charge on any atom is 0.305 e. The average molecular weight is 1180 g/mol. The zero-order chi connectivity index (χ0) is 60.6. The van der Waals surface area contributed by atoms with Gasteiger partial charge in [0.05, 0.1) is 25.4 Å². The summed E-state index contributed by atoms with van der Waals surface area (Å²) in [5, 5.41) is 23.5. The van der Waals surface area contributed by atoms with Crippen LogP contribution in [0.25, 0.3) is 0 Å². The number of aliphatic hydroxyl groups excluding tert-OH is 2. The summed E-state index contributed by atoms with van der Waals surface area (Å²) in [7, 11) is 0. The second-order valence-corrected chi connectivity index (χ2v) is 26.3. The Balaban J connectivity index is 3.39. The van der Waals surface area contributed by atoms with Crippen LogP contribution in [0.5, 0.6) is 0 Å². The van der Waals surface area contributed by atoms with Crippen LogP contribution in [0.1, 0.15) is 425 Å². The van der Waals surface area contributed by atoms with Crippen molar-refractivity contribution in [2.24, 2.45) is 0 Å². The van der Waals surface area contributed by atoms with Crippen molar-refractivity contribution in [2.45, 2.75) is 437 Å². The minimum atomic E-state index is -0.667. The van der Waals surface area contributed by atoms with Crippen molar-refractivity contribution in [2.75, 3.05) is 13.2 Å². The van der Waals surface area contributed by atoms with Gasteiger partial charge in [0.1, 0.15) is 0 Å². The summed E-state index contributed by atoms with van der Waals surface area (Å²) in [5.74, 6) is -0.0243. The van der Waals surface area contributed by atoms with Crippen LogP contribution in [0.15, 0.2) is 36.5 Å². The molecule has 0 saturated carbocycles. The highest BCUT2D eigenvalue weighted by atomic mass is 16.5. The van der Waals surface area contributed by atoms with Gasteiger partial charge < -0.3 is 20.3 Å². The van der Waals surface area contributed by atoms with Gasteiger partial charge in [0.25, 0.3) is 0 Å². The lowest BCUT2D eigenvalue weighted by atomic mass is 10.0. The van der Waals surface area contributed by atoms with Gasteiger partial charge in [-0.05, 0) is 83.5 Å². The minimum Gasteiger partial charge on any atom is -0.466 e. The van der Waals surface area contributed by atoms with E-state index >= 15 is 0 Å². The summed E-state index contributed by atoms with van der Waals surface area (Å²) in [6, 6.07) is -0.545. The molecule has 6 heteroatoms. The van der Waals surface area contributed by atoms with Gasteiger partial charge in [-0.15, -0.1) is 0 Å². The van der Waals surface area contributed by atoms with Crippen molar-refractivity contribution >= 4 is 11.9 Å². The number of amides is 1. The van der Waals surface area contributed by atoms with Gasteiger partial charge in [-0.2, -0.15) is 0 Å². The number of carbonyl (C=O) groups is 2. The van der Waals surface area contributed by atoms with Crippen LogP contribution in [0.4, 0.5) is 0 Å². The number of hydrogen-bond acceptors (Lipinski definition) is 5. The van der Waals surface area contributed by atoms with Gasteiger partial charge in [0, 0.05) is 12.8 Å². The molecular weight excluding hydrogens is 1030 g/mol. The standard InChI is InChI=1S/C78H149NO5/c1-3-5-7-9-11-13-15-17-19-21-23-24-29-32-35-38-42-46-50-54-58-62-66-70-76(81)75(74-80)79-77(82)71-67-63-59-55-51-47-43-39-36-33-30-27-25-26-28-31-34-37-41-45-49-53-57-61-65-69-73-84-78(83)72-68-64-60-56-52-48-44-40-22-20-18-16-14-12-10-8-6-4-2/h14,16,20,22,25,27,75-76,80-81H,3-13,15,17-19,21,23-24,26,28-74H2,1-2H3,(H,79,82)/b16-14-,22-20-,27-25-. The summed E-state index contributed by atoms with van der Waals surface area (Å²) in [4.78, 5) is 24.7. The van der Waals surface area contributed by atoms with Gasteiger partial charge in [-0.25, -0.2) is 0 Å². The monoisotopic (exact) mass is 1180 g/mol. The van der Waals surface area contributed by atoms with Crippen LogP contribution in [0.2, 0.25) is 0 Å². The van der Waals surface area contributed by atoms with Crippen LogP contribution in [-0.4, -0.2) is 47.4 Å². The smallest absolute Gasteiger partial charge is 0.305 e. The molecule has 0 aromatic heterocycles. The summed E-state index contributed by atoms with van der Waals surface area (Å²) in [5.41, 5.74) is 0. The first-order valence-electron chi connectivity index (χ1n) is 38.2. The number of aliphatic hydroxyl groups is 2. The molecule has 3 N–H and O–H groups in total. The fourth-order valence-corrected chi connectivity index (χ4v) is 12.1. The number of carbonyl (C=O) groups excluding carboxylic acids is 2. The highest BCUT2D eigenvalue weighted by molar-refractivity contribution is 5.76. The molecule has 0 radical (unpaired) electrons. The van der Waals surface area contributed by atoms with E-state index in [2.05, 4.69) is 55.6 Å². The fourth-order valence-electron chi connectivity index (χ4n) is 12.1. The highest BCUT2D eigenvalue weighted by Gasteiger charge is 2.20. The fraction of sp³-hybridized carbons (Fsp3) is 0.897. The van der Waals surface area contributed by atoms with Crippen molar-refractivity contribution in [3.63, 3.8) is 0 Å². The molecule has 0 aromatic rings. The Morgan fingerprint density at radius 1 is 0.333 bits per heavy atom. The van der Waals surface area contributed by atoms with Crippen LogP contribution < -0.4 is 5.32 Å². The van der Waals surface area contributed by atoms with Crippen LogP contribution in [0.3, 0.4) is 0 Å². The van der Waals surface area contributed by atoms with Gasteiger partial charge in [0.2, 0.25) is 5.91 Å². The van der Waals surface area contributed by atoms with Gasteiger partial charge >= 0.3 is 5.97 Å². The number of allylic oxidation sites excluding steroid dienone is 6. The van der Waals surface area contributed by atoms with E-state index in [0.29, 0.717) is 25.9 Å². The summed E-state index contributed by atoms with van der Waals surface area (Å²) >= 11 is 0. The Labute approximate surface area is 525 Å². The van der Waals surface area contributed by atoms with Crippen LogP contribution in [-0.2, 0) is 14.3 Å². The van der Waals surface area contributed by atoms with Crippen molar-refractivity contribution in [1.82, 2.24) is 5.32 Å². The normalized spacial score (nSPS) is 12.7. The second kappa shape index (κ2) is 73.5. The first kappa shape index (κ1) is 82.1. The Kier molecular flexibility index (Phi) is 71.9. The largest absolute Gasteiger partial charge is 0.466 e. The third kappa shape index (κ3) is 69.2. The molecule has 0 aliphatic heterocycles. The third-order valence-electron chi connectivity index (χ3n) is 17.9. The molecule has 2 unspecified atom stereocenters. The van der Waals surface area contributed by atoms with Crippen molar-refractivity contribution < 1.29 is 24.5 Å². The molecule has 0 saturated heterocycles. The van der Waals surface area contributed by atoms with Crippen LogP contribution >= 0.6 is 0 Å². The first-order chi connectivity index (χ1) is 41.5. The van der Waals surface area contributed by atoms with E-state index in [1.807, 2.05) is 0 Å². The highest BCUT2D eigenvalue weighted by Crippen LogP contribution is 2.19. The summed E-state index contributed by atoms with van der Waals surface area (Å²) < 4.78 is 5.50. The van der Waals surface area contributed by atoms with E-state index in [1.54, 1.807) is 0 Å². The Bertz CT molecular complexity index is 1360. The molecule has 2 atom stereocenters. The molecule has 0 spiro atoms. The molecule has 6 nitrogen and oxygen atoms in total.